The molecule has 0 saturated carbocycles. The van der Waals surface area contributed by atoms with Crippen molar-refractivity contribution < 1.29 is 4.79 Å². The number of benzene rings is 1. The molecule has 0 radical (unpaired) electrons. The molecule has 1 fully saturated rings. The Morgan fingerprint density at radius 2 is 2.09 bits per heavy atom. The van der Waals surface area contributed by atoms with Gasteiger partial charge < -0.3 is 4.90 Å². The molecule has 1 aromatic carbocycles. The van der Waals surface area contributed by atoms with Gasteiger partial charge in [0.2, 0.25) is 5.91 Å². The molecule has 4 rings (SSSR count). The highest BCUT2D eigenvalue weighted by molar-refractivity contribution is 5.85. The lowest BCUT2D eigenvalue weighted by molar-refractivity contribution is -0.134. The van der Waals surface area contributed by atoms with Gasteiger partial charge in [0.05, 0.1) is 18.5 Å². The van der Waals surface area contributed by atoms with Gasteiger partial charge in [-0.15, -0.1) is 0 Å². The van der Waals surface area contributed by atoms with E-state index in [4.69, 9.17) is 0 Å². The number of hydrogen-bond acceptors (Lipinski definition) is 2. The van der Waals surface area contributed by atoms with Crippen LogP contribution in [0.25, 0.3) is 0 Å². The fraction of sp³-hybridized carbons (Fsp3) is 0.474. The first-order valence-electron chi connectivity index (χ1n) is 8.68. The quantitative estimate of drug-likeness (QED) is 0.874. The summed E-state index contributed by atoms with van der Waals surface area (Å²) in [5.74, 6) is 0.380. The summed E-state index contributed by atoms with van der Waals surface area (Å²) in [5.41, 5.74) is 2.62. The van der Waals surface area contributed by atoms with Gasteiger partial charge in [0.15, 0.2) is 0 Å². The molecule has 0 bridgehead atoms. The number of fused-ring (bicyclic) bond motifs is 1. The Morgan fingerprint density at radius 3 is 2.96 bits per heavy atom. The van der Waals surface area contributed by atoms with Crippen LogP contribution in [-0.2, 0) is 17.8 Å². The van der Waals surface area contributed by atoms with Crippen LogP contribution < -0.4 is 0 Å². The van der Waals surface area contributed by atoms with Crippen molar-refractivity contribution in [1.29, 1.82) is 0 Å². The molecule has 1 aliphatic carbocycles. The number of aromatic nitrogens is 2. The molecule has 2 aromatic rings. The van der Waals surface area contributed by atoms with Crippen molar-refractivity contribution in [3.05, 3.63) is 53.9 Å². The van der Waals surface area contributed by atoms with E-state index in [2.05, 4.69) is 34.3 Å². The number of carbonyl (C=O) groups is 1. The summed E-state index contributed by atoms with van der Waals surface area (Å²) in [6.45, 7) is 1.70. The molecule has 4 heteroatoms. The van der Waals surface area contributed by atoms with E-state index in [0.29, 0.717) is 5.91 Å². The summed E-state index contributed by atoms with van der Waals surface area (Å²) in [4.78, 5) is 15.3. The average molecular weight is 309 g/mol. The second-order valence-corrected chi connectivity index (χ2v) is 6.70. The number of likely N-dealkylation sites (tertiary alicyclic amines) is 1. The van der Waals surface area contributed by atoms with Crippen LogP contribution in [0.2, 0.25) is 0 Å². The highest BCUT2D eigenvalue weighted by Crippen LogP contribution is 2.34. The number of amides is 1. The van der Waals surface area contributed by atoms with Crippen molar-refractivity contribution in [3.63, 3.8) is 0 Å². The van der Waals surface area contributed by atoms with Crippen molar-refractivity contribution in [2.24, 2.45) is 0 Å². The number of carbonyl (C=O) groups excluding carboxylic acids is 1. The number of hydrogen-bond donors (Lipinski definition) is 0. The smallest absolute Gasteiger partial charge is 0.230 e. The van der Waals surface area contributed by atoms with E-state index in [0.717, 1.165) is 45.2 Å². The predicted molar refractivity (Wildman–Crippen MR) is 89.1 cm³/mol. The first-order valence-corrected chi connectivity index (χ1v) is 8.68. The van der Waals surface area contributed by atoms with Crippen LogP contribution >= 0.6 is 0 Å². The number of nitrogens with zero attached hydrogens (tertiary/aromatic N) is 3. The normalized spacial score (nSPS) is 23.7. The molecule has 1 amide bonds. The maximum atomic E-state index is 13.2. The first-order chi connectivity index (χ1) is 11.3. The Hall–Kier alpha value is -2.10. The Balaban J connectivity index is 1.54. The van der Waals surface area contributed by atoms with E-state index in [1.54, 1.807) is 6.20 Å². The Morgan fingerprint density at radius 1 is 1.17 bits per heavy atom. The van der Waals surface area contributed by atoms with Gasteiger partial charge >= 0.3 is 0 Å². The van der Waals surface area contributed by atoms with E-state index in [1.165, 1.54) is 11.1 Å². The fourth-order valence-corrected chi connectivity index (χ4v) is 4.15. The molecular weight excluding hydrogens is 286 g/mol. The van der Waals surface area contributed by atoms with Crippen LogP contribution in [-0.4, -0.2) is 33.2 Å². The third-order valence-corrected chi connectivity index (χ3v) is 5.28. The molecule has 23 heavy (non-hydrogen) atoms. The molecule has 2 heterocycles. The van der Waals surface area contributed by atoms with Gasteiger partial charge in [-0.2, -0.15) is 5.10 Å². The maximum absolute atomic E-state index is 13.2. The van der Waals surface area contributed by atoms with Crippen LogP contribution in [0.15, 0.2) is 42.7 Å². The third kappa shape index (κ3) is 2.78. The monoisotopic (exact) mass is 309 g/mol. The molecule has 1 aliphatic heterocycles. The van der Waals surface area contributed by atoms with Gasteiger partial charge in [0, 0.05) is 18.9 Å². The Kier molecular flexibility index (Phi) is 3.90. The molecule has 1 saturated heterocycles. The average Bonchev–Trinajstić information content (AvgIpc) is 3.26. The molecule has 1 aromatic heterocycles. The van der Waals surface area contributed by atoms with Crippen LogP contribution in [0.1, 0.15) is 42.7 Å². The summed E-state index contributed by atoms with van der Waals surface area (Å²) in [6.07, 6.45) is 9.18. The van der Waals surface area contributed by atoms with Crippen molar-refractivity contribution in [2.45, 2.75) is 50.6 Å². The molecule has 120 valence electrons. The minimum Gasteiger partial charge on any atom is -0.337 e. The molecular formula is C19H23N3O. The lowest BCUT2D eigenvalue weighted by Crippen LogP contribution is -2.41. The summed E-state index contributed by atoms with van der Waals surface area (Å²) in [7, 11) is 0. The second kappa shape index (κ2) is 6.19. The number of aryl methyl sites for hydroxylation is 1. The van der Waals surface area contributed by atoms with Crippen molar-refractivity contribution in [2.75, 3.05) is 6.54 Å². The van der Waals surface area contributed by atoms with E-state index < -0.39 is 0 Å². The molecule has 2 aliphatic rings. The van der Waals surface area contributed by atoms with E-state index >= 15 is 0 Å². The summed E-state index contributed by atoms with van der Waals surface area (Å²) < 4.78 is 1.95. The second-order valence-electron chi connectivity index (χ2n) is 6.70. The predicted octanol–water partition coefficient (Wildman–Crippen LogP) is 2.99. The van der Waals surface area contributed by atoms with Crippen LogP contribution in [0.4, 0.5) is 0 Å². The molecule has 4 nitrogen and oxygen atoms in total. The lowest BCUT2D eigenvalue weighted by Gasteiger charge is -2.32. The zero-order valence-corrected chi connectivity index (χ0v) is 13.4. The van der Waals surface area contributed by atoms with Gasteiger partial charge in [-0.05, 0) is 49.3 Å². The van der Waals surface area contributed by atoms with E-state index in [9.17, 15) is 4.79 Å². The maximum Gasteiger partial charge on any atom is 0.230 e. The zero-order chi connectivity index (χ0) is 15.6. The van der Waals surface area contributed by atoms with Crippen LogP contribution in [0.3, 0.4) is 0 Å². The lowest BCUT2D eigenvalue weighted by atomic mass is 9.82. The zero-order valence-electron chi connectivity index (χ0n) is 13.4. The van der Waals surface area contributed by atoms with Crippen molar-refractivity contribution in [1.82, 2.24) is 14.7 Å². The SMILES string of the molecule is O=C(C1CCCc2ccccc21)N1CCCC1Cn1cccn1. The van der Waals surface area contributed by atoms with Gasteiger partial charge in [-0.25, -0.2) is 0 Å². The minimum atomic E-state index is 0.0539. The fourth-order valence-electron chi connectivity index (χ4n) is 4.15. The van der Waals surface area contributed by atoms with Crippen molar-refractivity contribution >= 4 is 5.91 Å². The van der Waals surface area contributed by atoms with Gasteiger partial charge in [-0.1, -0.05) is 24.3 Å². The first kappa shape index (κ1) is 14.5. The highest BCUT2D eigenvalue weighted by atomic mass is 16.2. The van der Waals surface area contributed by atoms with Gasteiger partial charge in [0.1, 0.15) is 0 Å². The topological polar surface area (TPSA) is 38.1 Å². The van der Waals surface area contributed by atoms with Gasteiger partial charge in [-0.3, -0.25) is 9.48 Å². The molecule has 2 unspecified atom stereocenters. The number of rotatable bonds is 3. The molecule has 0 N–H and O–H groups in total. The van der Waals surface area contributed by atoms with Crippen LogP contribution in [0, 0.1) is 0 Å². The van der Waals surface area contributed by atoms with Crippen LogP contribution in [0.5, 0.6) is 0 Å². The third-order valence-electron chi connectivity index (χ3n) is 5.28. The summed E-state index contributed by atoms with van der Waals surface area (Å²) in [5, 5.41) is 4.30. The Labute approximate surface area is 137 Å². The summed E-state index contributed by atoms with van der Waals surface area (Å²) in [6, 6.07) is 10.7. The van der Waals surface area contributed by atoms with Crippen molar-refractivity contribution in [3.8, 4) is 0 Å². The molecule has 2 atom stereocenters. The highest BCUT2D eigenvalue weighted by Gasteiger charge is 2.35. The largest absolute Gasteiger partial charge is 0.337 e. The van der Waals surface area contributed by atoms with E-state index in [1.807, 2.05) is 16.9 Å². The standard InChI is InChI=1S/C19H23N3O/c23-19(18-10-3-7-15-6-1-2-9-17(15)18)22-13-4-8-16(22)14-21-12-5-11-20-21/h1-2,5-6,9,11-12,16,18H,3-4,7-8,10,13-14H2. The Bertz CT molecular complexity index is 680. The van der Waals surface area contributed by atoms with E-state index in [-0.39, 0.29) is 12.0 Å². The minimum absolute atomic E-state index is 0.0539. The van der Waals surface area contributed by atoms with Gasteiger partial charge in [0.25, 0.3) is 0 Å². The summed E-state index contributed by atoms with van der Waals surface area (Å²) >= 11 is 0. The molecule has 0 spiro atoms.